The molecule has 0 aliphatic heterocycles. The number of halogens is 2. The average molecular weight is 470 g/mol. The summed E-state index contributed by atoms with van der Waals surface area (Å²) in [6.45, 7) is 1.94. The van der Waals surface area contributed by atoms with Crippen molar-refractivity contribution in [2.45, 2.75) is 13.0 Å². The van der Waals surface area contributed by atoms with Crippen LogP contribution in [-0.4, -0.2) is 29.3 Å². The smallest absolute Gasteiger partial charge is 0.166 e. The molecule has 0 spiro atoms. The lowest BCUT2D eigenvalue weighted by Crippen LogP contribution is -2.15. The third kappa shape index (κ3) is 3.99. The number of aromatic hydroxyl groups is 1. The molecule has 0 bridgehead atoms. The van der Waals surface area contributed by atoms with Crippen LogP contribution in [0.2, 0.25) is 10.0 Å². The molecule has 0 saturated carbocycles. The molecule has 6 nitrogen and oxygen atoms in total. The SMILES string of the molecule is COc1c(C)ccc(C(Nc2cc(Cl)c(Cl)cn2)c2ccc3cccnc3c2O)c1OC. The molecular formula is C24H21Cl2N3O3. The van der Waals surface area contributed by atoms with Crippen molar-refractivity contribution < 1.29 is 14.6 Å². The molecule has 2 heterocycles. The maximum Gasteiger partial charge on any atom is 0.166 e. The number of aromatic nitrogens is 2. The van der Waals surface area contributed by atoms with Crippen molar-refractivity contribution in [1.82, 2.24) is 9.97 Å². The lowest BCUT2D eigenvalue weighted by Gasteiger charge is -2.25. The second-order valence-electron chi connectivity index (χ2n) is 7.18. The molecule has 32 heavy (non-hydrogen) atoms. The van der Waals surface area contributed by atoms with E-state index in [0.29, 0.717) is 38.4 Å². The van der Waals surface area contributed by atoms with Gasteiger partial charge in [0.1, 0.15) is 17.1 Å². The molecule has 0 amide bonds. The van der Waals surface area contributed by atoms with Crippen LogP contribution >= 0.6 is 23.2 Å². The molecule has 2 aromatic carbocycles. The minimum atomic E-state index is -0.560. The number of fused-ring (bicyclic) bond motifs is 1. The molecule has 0 aliphatic carbocycles. The molecular weight excluding hydrogens is 449 g/mol. The van der Waals surface area contributed by atoms with E-state index in [9.17, 15) is 5.11 Å². The molecule has 4 aromatic rings. The van der Waals surface area contributed by atoms with Crippen molar-refractivity contribution in [3.63, 3.8) is 0 Å². The number of ether oxygens (including phenoxy) is 2. The van der Waals surface area contributed by atoms with Crippen LogP contribution in [0.1, 0.15) is 22.7 Å². The van der Waals surface area contributed by atoms with E-state index in [4.69, 9.17) is 32.7 Å². The van der Waals surface area contributed by atoms with Crippen LogP contribution in [0.15, 0.2) is 54.9 Å². The van der Waals surface area contributed by atoms with E-state index < -0.39 is 6.04 Å². The highest BCUT2D eigenvalue weighted by atomic mass is 35.5. The van der Waals surface area contributed by atoms with E-state index in [2.05, 4.69) is 15.3 Å². The summed E-state index contributed by atoms with van der Waals surface area (Å²) < 4.78 is 11.3. The summed E-state index contributed by atoms with van der Waals surface area (Å²) >= 11 is 12.2. The molecule has 0 fully saturated rings. The Morgan fingerprint density at radius 3 is 2.41 bits per heavy atom. The van der Waals surface area contributed by atoms with Crippen LogP contribution in [0, 0.1) is 6.92 Å². The zero-order valence-corrected chi connectivity index (χ0v) is 19.2. The Bertz CT molecular complexity index is 1300. The van der Waals surface area contributed by atoms with Crippen molar-refractivity contribution in [2.24, 2.45) is 0 Å². The zero-order chi connectivity index (χ0) is 22.8. The fourth-order valence-corrected chi connectivity index (χ4v) is 3.97. The number of nitrogens with one attached hydrogen (secondary N) is 1. The number of nitrogens with zero attached hydrogens (tertiary/aromatic N) is 2. The normalized spacial score (nSPS) is 11.9. The summed E-state index contributed by atoms with van der Waals surface area (Å²) in [6.07, 6.45) is 3.11. The number of methoxy groups -OCH3 is 2. The average Bonchev–Trinajstić information content (AvgIpc) is 2.80. The summed E-state index contributed by atoms with van der Waals surface area (Å²) in [7, 11) is 3.17. The number of rotatable bonds is 6. The van der Waals surface area contributed by atoms with Crippen molar-refractivity contribution in [2.75, 3.05) is 19.5 Å². The first-order valence-corrected chi connectivity index (χ1v) is 10.6. The molecule has 164 valence electrons. The van der Waals surface area contributed by atoms with Gasteiger partial charge < -0.3 is 19.9 Å². The number of aryl methyl sites for hydroxylation is 1. The van der Waals surface area contributed by atoms with Gasteiger partial charge in [-0.1, -0.05) is 53.5 Å². The van der Waals surface area contributed by atoms with Crippen LogP contribution in [0.5, 0.6) is 17.2 Å². The number of phenols is 1. The topological polar surface area (TPSA) is 76.5 Å². The molecule has 0 aliphatic rings. The maximum atomic E-state index is 11.2. The number of anilines is 1. The maximum absolute atomic E-state index is 11.2. The highest BCUT2D eigenvalue weighted by Gasteiger charge is 2.26. The van der Waals surface area contributed by atoms with Gasteiger partial charge in [0.25, 0.3) is 0 Å². The molecule has 8 heteroatoms. The fourth-order valence-electron chi connectivity index (χ4n) is 3.71. The van der Waals surface area contributed by atoms with Gasteiger partial charge in [-0.25, -0.2) is 4.98 Å². The van der Waals surface area contributed by atoms with E-state index in [1.807, 2.05) is 43.3 Å². The van der Waals surface area contributed by atoms with Crippen LogP contribution < -0.4 is 14.8 Å². The largest absolute Gasteiger partial charge is 0.505 e. The van der Waals surface area contributed by atoms with Crippen LogP contribution in [0.4, 0.5) is 5.82 Å². The van der Waals surface area contributed by atoms with Crippen LogP contribution in [-0.2, 0) is 0 Å². The zero-order valence-electron chi connectivity index (χ0n) is 17.7. The van der Waals surface area contributed by atoms with Crippen LogP contribution in [0.3, 0.4) is 0 Å². The first kappa shape index (κ1) is 22.0. The molecule has 2 N–H and O–H groups in total. The van der Waals surface area contributed by atoms with Gasteiger partial charge in [-0.2, -0.15) is 0 Å². The van der Waals surface area contributed by atoms with Gasteiger partial charge >= 0.3 is 0 Å². The van der Waals surface area contributed by atoms with Gasteiger partial charge in [-0.3, -0.25) is 4.98 Å². The van der Waals surface area contributed by atoms with Gasteiger partial charge in [0.2, 0.25) is 0 Å². The Morgan fingerprint density at radius 2 is 1.69 bits per heavy atom. The number of pyridine rings is 2. The number of hydrogen-bond donors (Lipinski definition) is 2. The Balaban J connectivity index is 1.94. The summed E-state index contributed by atoms with van der Waals surface area (Å²) in [4.78, 5) is 8.69. The van der Waals surface area contributed by atoms with Gasteiger partial charge in [0, 0.05) is 35.0 Å². The molecule has 1 atom stereocenters. The predicted octanol–water partition coefficient (Wildman–Crippen LogP) is 6.17. The molecule has 2 aromatic heterocycles. The Labute approximate surface area is 195 Å². The van der Waals surface area contributed by atoms with E-state index in [1.54, 1.807) is 26.5 Å². The monoisotopic (exact) mass is 469 g/mol. The number of benzene rings is 2. The van der Waals surface area contributed by atoms with E-state index >= 15 is 0 Å². The minimum Gasteiger partial charge on any atom is -0.505 e. The molecule has 4 rings (SSSR count). The standard InChI is InChI=1S/C24H21Cl2N3O3/c1-13-6-8-16(24(32-3)23(13)31-2)21(29-19-11-17(25)18(26)12-28-19)15-9-7-14-5-4-10-27-20(14)22(15)30/h4-12,21,30H,1-3H3,(H,28,29). The van der Waals surface area contributed by atoms with Crippen molar-refractivity contribution in [3.8, 4) is 17.2 Å². The highest BCUT2D eigenvalue weighted by molar-refractivity contribution is 6.42. The predicted molar refractivity (Wildman–Crippen MR) is 127 cm³/mol. The number of phenolic OH excluding ortho intramolecular Hbond substituents is 1. The second-order valence-corrected chi connectivity index (χ2v) is 7.99. The second kappa shape index (κ2) is 9.10. The van der Waals surface area contributed by atoms with E-state index in [1.165, 1.54) is 6.20 Å². The van der Waals surface area contributed by atoms with Gasteiger partial charge in [0.05, 0.1) is 30.3 Å². The summed E-state index contributed by atoms with van der Waals surface area (Å²) in [5.74, 6) is 1.69. The first-order valence-electron chi connectivity index (χ1n) is 9.80. The summed E-state index contributed by atoms with van der Waals surface area (Å²) in [5.41, 5.74) is 2.75. The minimum absolute atomic E-state index is 0.0576. The van der Waals surface area contributed by atoms with Gasteiger partial charge in [0.15, 0.2) is 11.5 Å². The fraction of sp³-hybridized carbons (Fsp3) is 0.167. The summed E-state index contributed by atoms with van der Waals surface area (Å²) in [6, 6.07) is 12.4. The van der Waals surface area contributed by atoms with Gasteiger partial charge in [-0.15, -0.1) is 0 Å². The Hall–Kier alpha value is -3.22. The van der Waals surface area contributed by atoms with Crippen LogP contribution in [0.25, 0.3) is 10.9 Å². The van der Waals surface area contributed by atoms with Crippen molar-refractivity contribution in [3.05, 3.63) is 81.6 Å². The lowest BCUT2D eigenvalue weighted by atomic mass is 9.94. The third-order valence-corrected chi connectivity index (χ3v) is 5.96. The van der Waals surface area contributed by atoms with Gasteiger partial charge in [-0.05, 0) is 18.6 Å². The molecule has 0 radical (unpaired) electrons. The Morgan fingerprint density at radius 1 is 0.938 bits per heavy atom. The lowest BCUT2D eigenvalue weighted by molar-refractivity contribution is 0.349. The molecule has 1 unspecified atom stereocenters. The summed E-state index contributed by atoms with van der Waals surface area (Å²) in [5, 5.41) is 16.1. The van der Waals surface area contributed by atoms with Crippen molar-refractivity contribution in [1.29, 1.82) is 0 Å². The third-order valence-electron chi connectivity index (χ3n) is 5.25. The van der Waals surface area contributed by atoms with E-state index in [-0.39, 0.29) is 5.75 Å². The number of hydrogen-bond acceptors (Lipinski definition) is 6. The highest BCUT2D eigenvalue weighted by Crippen LogP contribution is 2.44. The Kier molecular flexibility index (Phi) is 6.26. The molecule has 0 saturated heterocycles. The first-order chi connectivity index (χ1) is 15.4. The van der Waals surface area contributed by atoms with Crippen molar-refractivity contribution >= 4 is 39.9 Å². The quantitative estimate of drug-likeness (QED) is 0.351. The van der Waals surface area contributed by atoms with E-state index in [0.717, 1.165) is 16.5 Å².